The lowest BCUT2D eigenvalue weighted by Crippen LogP contribution is -2.41. The van der Waals surface area contributed by atoms with Gasteiger partial charge in [0.2, 0.25) is 0 Å². The molecule has 3 aliphatic carbocycles. The van der Waals surface area contributed by atoms with Gasteiger partial charge in [0.15, 0.2) is 0 Å². The van der Waals surface area contributed by atoms with E-state index in [0.717, 1.165) is 17.8 Å². The van der Waals surface area contributed by atoms with E-state index in [9.17, 15) is 0 Å². The SMILES string of the molecule is [B]C(C1CCCCC1)(C1CCCCC1)C1CCCCC1. The summed E-state index contributed by atoms with van der Waals surface area (Å²) in [7, 11) is 7.32. The summed E-state index contributed by atoms with van der Waals surface area (Å²) in [6, 6.07) is 0. The summed E-state index contributed by atoms with van der Waals surface area (Å²) in [5.41, 5.74) is 0. The van der Waals surface area contributed by atoms with Gasteiger partial charge in [0.05, 0.1) is 7.85 Å². The minimum Gasteiger partial charge on any atom is -0.0578 e. The quantitative estimate of drug-likeness (QED) is 0.548. The Balaban J connectivity index is 1.79. The average Bonchev–Trinajstić information content (AvgIpc) is 2.56. The van der Waals surface area contributed by atoms with Crippen molar-refractivity contribution in [3.63, 3.8) is 0 Å². The van der Waals surface area contributed by atoms with Crippen molar-refractivity contribution in [2.75, 3.05) is 0 Å². The van der Waals surface area contributed by atoms with Crippen LogP contribution in [0.1, 0.15) is 96.3 Å². The maximum Gasteiger partial charge on any atom is 0.0757 e. The Morgan fingerprint density at radius 1 is 0.450 bits per heavy atom. The van der Waals surface area contributed by atoms with Crippen molar-refractivity contribution in [3.8, 4) is 0 Å². The van der Waals surface area contributed by atoms with Crippen molar-refractivity contribution in [2.24, 2.45) is 17.8 Å². The first-order chi connectivity index (χ1) is 9.82. The first-order valence-electron chi connectivity index (χ1n) is 9.60. The summed E-state index contributed by atoms with van der Waals surface area (Å²) in [5.74, 6) is 2.55. The van der Waals surface area contributed by atoms with Gasteiger partial charge >= 0.3 is 0 Å². The zero-order valence-corrected chi connectivity index (χ0v) is 13.4. The highest BCUT2D eigenvalue weighted by molar-refractivity contribution is 6.16. The lowest BCUT2D eigenvalue weighted by atomic mass is 9.42. The van der Waals surface area contributed by atoms with Crippen molar-refractivity contribution in [1.82, 2.24) is 0 Å². The van der Waals surface area contributed by atoms with E-state index in [1.807, 2.05) is 0 Å². The van der Waals surface area contributed by atoms with Crippen LogP contribution < -0.4 is 0 Å². The van der Waals surface area contributed by atoms with Gasteiger partial charge < -0.3 is 0 Å². The third-order valence-corrected chi connectivity index (χ3v) is 6.94. The summed E-state index contributed by atoms with van der Waals surface area (Å²) >= 11 is 0. The molecule has 3 aliphatic rings. The molecule has 0 N–H and O–H groups in total. The Hall–Kier alpha value is 0.0649. The maximum atomic E-state index is 7.32. The lowest BCUT2D eigenvalue weighted by Gasteiger charge is -2.53. The van der Waals surface area contributed by atoms with E-state index in [0.29, 0.717) is 0 Å². The summed E-state index contributed by atoms with van der Waals surface area (Å²) in [4.78, 5) is 0. The lowest BCUT2D eigenvalue weighted by molar-refractivity contribution is 0.0851. The fourth-order valence-corrected chi connectivity index (χ4v) is 5.81. The molecule has 0 aromatic heterocycles. The molecule has 3 saturated carbocycles. The van der Waals surface area contributed by atoms with Crippen molar-refractivity contribution in [3.05, 3.63) is 0 Å². The third-order valence-electron chi connectivity index (χ3n) is 6.94. The largest absolute Gasteiger partial charge is 0.0757 e. The van der Waals surface area contributed by atoms with Crippen LogP contribution in [0.5, 0.6) is 0 Å². The van der Waals surface area contributed by atoms with Crippen LogP contribution in [0.3, 0.4) is 0 Å². The molecular formula is C19H33B. The Morgan fingerprint density at radius 3 is 0.950 bits per heavy atom. The Kier molecular flexibility index (Phi) is 5.16. The van der Waals surface area contributed by atoms with Crippen LogP contribution >= 0.6 is 0 Å². The molecule has 0 heterocycles. The van der Waals surface area contributed by atoms with E-state index in [1.54, 1.807) is 0 Å². The Labute approximate surface area is 127 Å². The van der Waals surface area contributed by atoms with E-state index in [1.165, 1.54) is 96.3 Å². The van der Waals surface area contributed by atoms with Crippen molar-refractivity contribution in [1.29, 1.82) is 0 Å². The highest BCUT2D eigenvalue weighted by Crippen LogP contribution is 2.59. The molecule has 0 aromatic carbocycles. The zero-order valence-electron chi connectivity index (χ0n) is 13.4. The van der Waals surface area contributed by atoms with E-state index in [4.69, 9.17) is 7.85 Å². The van der Waals surface area contributed by atoms with Gasteiger partial charge in [-0.1, -0.05) is 102 Å². The molecule has 112 valence electrons. The summed E-state index contributed by atoms with van der Waals surface area (Å²) in [6.45, 7) is 0. The monoisotopic (exact) mass is 272 g/mol. The molecule has 0 spiro atoms. The molecule has 0 aliphatic heterocycles. The topological polar surface area (TPSA) is 0 Å². The second-order valence-electron chi connectivity index (χ2n) is 8.00. The van der Waals surface area contributed by atoms with Gasteiger partial charge in [-0.25, -0.2) is 0 Å². The fraction of sp³-hybridized carbons (Fsp3) is 1.00. The second kappa shape index (κ2) is 6.88. The molecule has 0 atom stereocenters. The molecule has 3 fully saturated rings. The highest BCUT2D eigenvalue weighted by Gasteiger charge is 2.46. The van der Waals surface area contributed by atoms with E-state index in [-0.39, 0.29) is 5.31 Å². The van der Waals surface area contributed by atoms with Gasteiger partial charge in [-0.15, -0.1) is 0 Å². The molecule has 0 amide bonds. The predicted molar refractivity (Wildman–Crippen MR) is 88.2 cm³/mol. The molecule has 2 radical (unpaired) electrons. The van der Waals surface area contributed by atoms with Gasteiger partial charge in [-0.3, -0.25) is 0 Å². The molecule has 0 saturated heterocycles. The zero-order chi connectivity index (χ0) is 13.8. The van der Waals surface area contributed by atoms with Gasteiger partial charge in [-0.2, -0.15) is 0 Å². The van der Waals surface area contributed by atoms with Gasteiger partial charge in [0, 0.05) is 0 Å². The van der Waals surface area contributed by atoms with E-state index < -0.39 is 0 Å². The first-order valence-corrected chi connectivity index (χ1v) is 9.60. The second-order valence-corrected chi connectivity index (χ2v) is 8.00. The fourth-order valence-electron chi connectivity index (χ4n) is 5.81. The maximum absolute atomic E-state index is 7.32. The summed E-state index contributed by atoms with van der Waals surface area (Å²) in [5, 5.41) is 0.210. The molecular weight excluding hydrogens is 239 g/mol. The molecule has 3 rings (SSSR count). The van der Waals surface area contributed by atoms with Crippen LogP contribution in [-0.4, -0.2) is 7.85 Å². The summed E-state index contributed by atoms with van der Waals surface area (Å²) < 4.78 is 0. The molecule has 0 nitrogen and oxygen atoms in total. The molecule has 0 unspecified atom stereocenters. The minimum atomic E-state index is 0.210. The average molecular weight is 272 g/mol. The van der Waals surface area contributed by atoms with Crippen LogP contribution in [0, 0.1) is 17.8 Å². The molecule has 0 bridgehead atoms. The highest BCUT2D eigenvalue weighted by atomic mass is 14.5. The van der Waals surface area contributed by atoms with E-state index >= 15 is 0 Å². The van der Waals surface area contributed by atoms with Crippen molar-refractivity contribution < 1.29 is 0 Å². The summed E-state index contributed by atoms with van der Waals surface area (Å²) in [6.07, 6.45) is 21.7. The van der Waals surface area contributed by atoms with Crippen LogP contribution in [-0.2, 0) is 0 Å². The smallest absolute Gasteiger partial charge is 0.0578 e. The number of hydrogen-bond donors (Lipinski definition) is 0. The van der Waals surface area contributed by atoms with Crippen LogP contribution in [0.2, 0.25) is 5.31 Å². The van der Waals surface area contributed by atoms with Crippen molar-refractivity contribution >= 4 is 7.85 Å². The number of rotatable bonds is 3. The van der Waals surface area contributed by atoms with Gasteiger partial charge in [-0.05, 0) is 17.8 Å². The molecule has 1 heteroatoms. The Morgan fingerprint density at radius 2 is 0.700 bits per heavy atom. The third kappa shape index (κ3) is 2.97. The van der Waals surface area contributed by atoms with Crippen LogP contribution in [0.25, 0.3) is 0 Å². The molecule has 0 aromatic rings. The van der Waals surface area contributed by atoms with Gasteiger partial charge in [0.25, 0.3) is 0 Å². The number of hydrogen-bond acceptors (Lipinski definition) is 0. The van der Waals surface area contributed by atoms with Gasteiger partial charge in [0.1, 0.15) is 0 Å². The van der Waals surface area contributed by atoms with Crippen LogP contribution in [0.15, 0.2) is 0 Å². The Bertz CT molecular complexity index is 235. The van der Waals surface area contributed by atoms with Crippen molar-refractivity contribution in [2.45, 2.75) is 102 Å². The first kappa shape index (κ1) is 15.0. The van der Waals surface area contributed by atoms with Crippen LogP contribution in [0.4, 0.5) is 0 Å². The minimum absolute atomic E-state index is 0.210. The normalized spacial score (nSPS) is 28.6. The molecule has 20 heavy (non-hydrogen) atoms. The standard InChI is InChI=1S/C19H33B/c20-19(16-10-4-1-5-11-16,17-12-6-2-7-13-17)18-14-8-3-9-15-18/h16-18H,1-15H2. The van der Waals surface area contributed by atoms with E-state index in [2.05, 4.69) is 0 Å². The predicted octanol–water partition coefficient (Wildman–Crippen LogP) is 6.05.